The van der Waals surface area contributed by atoms with E-state index >= 15 is 0 Å². The number of hydrogen-bond donors (Lipinski definition) is 2. The van der Waals surface area contributed by atoms with Gasteiger partial charge in [0.25, 0.3) is 11.4 Å². The minimum Gasteiger partial charge on any atom is -0.335 e. The molecule has 5 nitrogen and oxygen atoms in total. The van der Waals surface area contributed by atoms with Crippen molar-refractivity contribution >= 4 is 32.6 Å². The fraction of sp³-hybridized carbons (Fsp3) is 0.214. The highest BCUT2D eigenvalue weighted by Crippen LogP contribution is 2.44. The van der Waals surface area contributed by atoms with E-state index in [2.05, 4.69) is 15.6 Å². The summed E-state index contributed by atoms with van der Waals surface area (Å²) < 4.78 is 41.7. The van der Waals surface area contributed by atoms with E-state index in [1.54, 1.807) is 24.3 Å². The van der Waals surface area contributed by atoms with Crippen molar-refractivity contribution in [3.8, 4) is 6.07 Å². The van der Waals surface area contributed by atoms with Crippen LogP contribution >= 0.6 is 11.3 Å². The second kappa shape index (κ2) is 4.96. The number of nitriles is 1. The van der Waals surface area contributed by atoms with Crippen LogP contribution in [0.3, 0.4) is 0 Å². The molecule has 1 atom stereocenters. The zero-order chi connectivity index (χ0) is 16.8. The molecule has 0 saturated carbocycles. The van der Waals surface area contributed by atoms with Gasteiger partial charge in [0, 0.05) is 5.70 Å². The van der Waals surface area contributed by atoms with Crippen LogP contribution in [-0.4, -0.2) is 22.6 Å². The van der Waals surface area contributed by atoms with Gasteiger partial charge in [0.05, 0.1) is 21.9 Å². The molecule has 0 spiro atoms. The second-order valence-electron chi connectivity index (χ2n) is 4.93. The normalized spacial score (nSPS) is 21.4. The first-order valence-corrected chi connectivity index (χ1v) is 7.24. The fourth-order valence-corrected chi connectivity index (χ4v) is 3.36. The molecule has 1 amide bonds. The van der Waals surface area contributed by atoms with Gasteiger partial charge in [-0.3, -0.25) is 4.79 Å². The van der Waals surface area contributed by atoms with Gasteiger partial charge in [-0.25, -0.2) is 4.98 Å². The van der Waals surface area contributed by atoms with Crippen LogP contribution < -0.4 is 10.6 Å². The summed E-state index contributed by atoms with van der Waals surface area (Å²) in [6, 6.07) is 8.28. The van der Waals surface area contributed by atoms with Crippen LogP contribution in [0.2, 0.25) is 0 Å². The van der Waals surface area contributed by atoms with Gasteiger partial charge in [-0.1, -0.05) is 23.5 Å². The third-order valence-electron chi connectivity index (χ3n) is 3.52. The van der Waals surface area contributed by atoms with Crippen LogP contribution in [0.15, 0.2) is 35.5 Å². The number of amides is 1. The third-order valence-corrected chi connectivity index (χ3v) is 4.47. The molecule has 0 aliphatic carbocycles. The molecule has 0 radical (unpaired) electrons. The second-order valence-corrected chi connectivity index (χ2v) is 5.96. The predicted molar refractivity (Wildman–Crippen MR) is 78.5 cm³/mol. The summed E-state index contributed by atoms with van der Waals surface area (Å²) in [6.07, 6.45) is -5.00. The predicted octanol–water partition coefficient (Wildman–Crippen LogP) is 2.94. The van der Waals surface area contributed by atoms with Crippen molar-refractivity contribution in [3.63, 3.8) is 0 Å². The fourth-order valence-electron chi connectivity index (χ4n) is 2.44. The molecule has 1 aromatic heterocycles. The average molecular weight is 338 g/mol. The Morgan fingerprint density at radius 3 is 2.70 bits per heavy atom. The number of fused-ring (bicyclic) bond motifs is 1. The number of nitrogens with one attached hydrogen (secondary N) is 2. The highest BCUT2D eigenvalue weighted by Gasteiger charge is 2.67. The number of alkyl halides is 3. The Morgan fingerprint density at radius 1 is 1.39 bits per heavy atom. The van der Waals surface area contributed by atoms with Crippen molar-refractivity contribution in [2.24, 2.45) is 0 Å². The van der Waals surface area contributed by atoms with E-state index in [1.165, 1.54) is 13.0 Å². The van der Waals surface area contributed by atoms with Crippen LogP contribution in [0.4, 0.5) is 18.3 Å². The number of carbonyl (C=O) groups is 1. The molecular weight excluding hydrogens is 329 g/mol. The van der Waals surface area contributed by atoms with Gasteiger partial charge in [0.2, 0.25) is 0 Å². The number of hydrogen-bond acceptors (Lipinski definition) is 5. The van der Waals surface area contributed by atoms with E-state index in [9.17, 15) is 18.0 Å². The summed E-state index contributed by atoms with van der Waals surface area (Å²) in [4.78, 5) is 16.1. The highest BCUT2D eigenvalue weighted by molar-refractivity contribution is 7.22. The lowest BCUT2D eigenvalue weighted by molar-refractivity contribution is -0.174. The highest BCUT2D eigenvalue weighted by atomic mass is 32.1. The molecule has 0 fully saturated rings. The van der Waals surface area contributed by atoms with E-state index in [0.717, 1.165) is 11.3 Å². The minimum absolute atomic E-state index is 0.0823. The molecule has 23 heavy (non-hydrogen) atoms. The van der Waals surface area contributed by atoms with Crippen molar-refractivity contribution in [1.82, 2.24) is 10.3 Å². The Hall–Kier alpha value is -2.60. The van der Waals surface area contributed by atoms with E-state index < -0.39 is 23.2 Å². The zero-order valence-corrected chi connectivity index (χ0v) is 12.5. The van der Waals surface area contributed by atoms with E-state index in [0.29, 0.717) is 10.2 Å². The molecule has 2 aromatic rings. The summed E-state index contributed by atoms with van der Waals surface area (Å²) in [5.41, 5.74) is -3.44. The number of nitrogens with zero attached hydrogens (tertiary/aromatic N) is 2. The SMILES string of the molecule is CC1=C(C#N)C(Nc2nc3ccccc3s2)(C(F)(F)F)C(=O)N1. The van der Waals surface area contributed by atoms with Gasteiger partial charge in [-0.2, -0.15) is 18.4 Å². The standard InChI is InChI=1S/C14H9F3N4OS/c1-7-8(6-18)13(11(22)19-7,14(15,16)17)21-12-20-9-4-2-3-5-10(9)23-12/h2-5H,1H3,(H,19,22)(H,20,21). The average Bonchev–Trinajstić information content (AvgIpc) is 2.97. The number of aromatic nitrogens is 1. The maximum absolute atomic E-state index is 13.7. The minimum atomic E-state index is -5.00. The quantitative estimate of drug-likeness (QED) is 0.882. The Bertz CT molecular complexity index is 847. The molecular formula is C14H9F3N4OS. The summed E-state index contributed by atoms with van der Waals surface area (Å²) in [6.45, 7) is 1.25. The molecule has 2 N–H and O–H groups in total. The van der Waals surface area contributed by atoms with Crippen molar-refractivity contribution in [3.05, 3.63) is 35.5 Å². The molecule has 118 valence electrons. The topological polar surface area (TPSA) is 77.8 Å². The van der Waals surface area contributed by atoms with Crippen LogP contribution in [0, 0.1) is 11.3 Å². The number of anilines is 1. The lowest BCUT2D eigenvalue weighted by Crippen LogP contribution is -2.59. The molecule has 1 unspecified atom stereocenters. The third kappa shape index (κ3) is 2.14. The number of thiazole rings is 1. The molecule has 1 aliphatic heterocycles. The van der Waals surface area contributed by atoms with Crippen LogP contribution in [0.25, 0.3) is 10.2 Å². The number of carbonyl (C=O) groups excluding carboxylic acids is 1. The maximum atomic E-state index is 13.7. The number of benzene rings is 1. The van der Waals surface area contributed by atoms with Crippen molar-refractivity contribution in [2.75, 3.05) is 5.32 Å². The largest absolute Gasteiger partial charge is 0.425 e. The number of halogens is 3. The van der Waals surface area contributed by atoms with Gasteiger partial charge in [-0.05, 0) is 19.1 Å². The van der Waals surface area contributed by atoms with Gasteiger partial charge < -0.3 is 10.6 Å². The molecule has 0 bridgehead atoms. The Kier molecular flexibility index (Phi) is 3.30. The number of para-hydroxylation sites is 1. The van der Waals surface area contributed by atoms with Crippen LogP contribution in [0.1, 0.15) is 6.92 Å². The number of allylic oxidation sites excluding steroid dienone is 1. The Morgan fingerprint density at radius 2 is 2.09 bits per heavy atom. The Balaban J connectivity index is 2.15. The summed E-state index contributed by atoms with van der Waals surface area (Å²) in [7, 11) is 0. The first-order valence-electron chi connectivity index (χ1n) is 6.43. The Labute approximate surface area is 132 Å². The summed E-state index contributed by atoms with van der Waals surface area (Å²) in [5, 5.41) is 13.3. The molecule has 0 saturated heterocycles. The van der Waals surface area contributed by atoms with E-state index in [4.69, 9.17) is 5.26 Å². The van der Waals surface area contributed by atoms with Gasteiger partial charge in [0.1, 0.15) is 0 Å². The molecule has 1 aromatic carbocycles. The lowest BCUT2D eigenvalue weighted by atomic mass is 9.90. The van der Waals surface area contributed by atoms with Crippen LogP contribution in [0.5, 0.6) is 0 Å². The molecule has 3 rings (SSSR count). The molecule has 2 heterocycles. The maximum Gasteiger partial charge on any atom is 0.425 e. The monoisotopic (exact) mass is 338 g/mol. The number of rotatable bonds is 2. The summed E-state index contributed by atoms with van der Waals surface area (Å²) in [5.74, 6) is -1.33. The molecule has 9 heteroatoms. The molecule has 1 aliphatic rings. The van der Waals surface area contributed by atoms with Crippen LogP contribution in [-0.2, 0) is 4.79 Å². The van der Waals surface area contributed by atoms with Gasteiger partial charge >= 0.3 is 6.18 Å². The summed E-state index contributed by atoms with van der Waals surface area (Å²) >= 11 is 0.980. The smallest absolute Gasteiger partial charge is 0.335 e. The van der Waals surface area contributed by atoms with Crippen molar-refractivity contribution in [1.29, 1.82) is 5.26 Å². The van der Waals surface area contributed by atoms with Crippen molar-refractivity contribution < 1.29 is 18.0 Å². The first kappa shape index (κ1) is 15.3. The van der Waals surface area contributed by atoms with Crippen molar-refractivity contribution in [2.45, 2.75) is 18.6 Å². The van der Waals surface area contributed by atoms with E-state index in [-0.39, 0.29) is 10.8 Å². The first-order chi connectivity index (χ1) is 10.8. The van der Waals surface area contributed by atoms with E-state index in [1.807, 2.05) is 0 Å². The van der Waals surface area contributed by atoms with Gasteiger partial charge in [0.15, 0.2) is 5.13 Å². The van der Waals surface area contributed by atoms with Gasteiger partial charge in [-0.15, -0.1) is 0 Å². The lowest BCUT2D eigenvalue weighted by Gasteiger charge is -2.30. The zero-order valence-electron chi connectivity index (χ0n) is 11.7.